The van der Waals surface area contributed by atoms with Gasteiger partial charge in [-0.25, -0.2) is 8.42 Å². The van der Waals surface area contributed by atoms with Crippen LogP contribution in [-0.4, -0.2) is 27.0 Å². The van der Waals surface area contributed by atoms with E-state index < -0.39 is 22.0 Å². The Kier molecular flexibility index (Phi) is 6.16. The first-order chi connectivity index (χ1) is 16.0. The molecule has 0 aliphatic carbocycles. The van der Waals surface area contributed by atoms with Gasteiger partial charge in [-0.3, -0.25) is 9.10 Å². The molecule has 0 fully saturated rings. The Morgan fingerprint density at radius 3 is 2.38 bits per heavy atom. The Balaban J connectivity index is 1.75. The van der Waals surface area contributed by atoms with Crippen molar-refractivity contribution in [3.8, 4) is 5.75 Å². The third kappa shape index (κ3) is 4.53. The number of carbonyl (C=O) groups is 1. The molecular weight excluding hydrogens is 448 g/mol. The molecule has 7 heteroatoms. The second-order valence-corrected chi connectivity index (χ2v) is 11.5. The number of ether oxygens (including phenoxy) is 1. The van der Waals surface area contributed by atoms with Gasteiger partial charge < -0.3 is 10.1 Å². The number of nitrogens with zero attached hydrogens (tertiary/aromatic N) is 1. The summed E-state index contributed by atoms with van der Waals surface area (Å²) >= 11 is 0. The van der Waals surface area contributed by atoms with Crippen molar-refractivity contribution in [1.82, 2.24) is 0 Å². The van der Waals surface area contributed by atoms with Crippen molar-refractivity contribution in [3.63, 3.8) is 0 Å². The number of fused-ring (bicyclic) bond motifs is 1. The molecular formula is C27H30N2O4S. The van der Waals surface area contributed by atoms with Crippen molar-refractivity contribution in [2.75, 3.05) is 16.2 Å². The van der Waals surface area contributed by atoms with Crippen molar-refractivity contribution in [2.24, 2.45) is 0 Å². The first-order valence-corrected chi connectivity index (χ1v) is 12.7. The molecule has 1 heterocycles. The largest absolute Gasteiger partial charge is 0.476 e. The number of sulfonamides is 1. The van der Waals surface area contributed by atoms with Gasteiger partial charge in [-0.15, -0.1) is 0 Å². The van der Waals surface area contributed by atoms with Crippen molar-refractivity contribution >= 4 is 27.3 Å². The topological polar surface area (TPSA) is 75.7 Å². The zero-order chi connectivity index (χ0) is 24.7. The molecule has 1 amide bonds. The number of benzene rings is 3. The van der Waals surface area contributed by atoms with Crippen LogP contribution < -0.4 is 14.4 Å². The zero-order valence-corrected chi connectivity index (χ0v) is 20.9. The number of aryl methyl sites for hydroxylation is 1. The molecule has 0 spiro atoms. The number of nitrogens with one attached hydrogen (secondary N) is 1. The second kappa shape index (κ2) is 8.80. The van der Waals surface area contributed by atoms with E-state index >= 15 is 0 Å². The van der Waals surface area contributed by atoms with Gasteiger partial charge in [-0.1, -0.05) is 57.2 Å². The molecule has 0 saturated heterocycles. The van der Waals surface area contributed by atoms with Gasteiger partial charge in [0.15, 0.2) is 6.10 Å². The SMILES string of the molecule is Cc1cccc(NC(=O)[C@@H]2CN(S(=O)(=O)c3ccccc3)c3cc(C(C)(C)C)ccc3O2)c1C. The maximum atomic E-state index is 13.7. The van der Waals surface area contributed by atoms with E-state index in [1.165, 1.54) is 4.31 Å². The number of anilines is 2. The lowest BCUT2D eigenvalue weighted by molar-refractivity contribution is -0.122. The highest BCUT2D eigenvalue weighted by Gasteiger charge is 2.38. The minimum atomic E-state index is -3.92. The fourth-order valence-corrected chi connectivity index (χ4v) is 5.39. The number of hydrogen-bond donors (Lipinski definition) is 1. The molecule has 1 atom stereocenters. The Morgan fingerprint density at radius 1 is 1.00 bits per heavy atom. The summed E-state index contributed by atoms with van der Waals surface area (Å²) in [4.78, 5) is 13.4. The molecule has 1 N–H and O–H groups in total. The second-order valence-electron chi connectivity index (χ2n) is 9.62. The Labute approximate surface area is 201 Å². The highest BCUT2D eigenvalue weighted by molar-refractivity contribution is 7.92. The summed E-state index contributed by atoms with van der Waals surface area (Å²) in [5, 5.41) is 2.91. The third-order valence-corrected chi connectivity index (χ3v) is 7.97. The van der Waals surface area contributed by atoms with E-state index in [1.807, 2.05) is 44.2 Å². The predicted octanol–water partition coefficient (Wildman–Crippen LogP) is 5.20. The molecule has 0 radical (unpaired) electrons. The van der Waals surface area contributed by atoms with Crippen LogP contribution in [0.2, 0.25) is 0 Å². The van der Waals surface area contributed by atoms with Crippen LogP contribution in [0.15, 0.2) is 71.6 Å². The Hall–Kier alpha value is -3.32. The van der Waals surface area contributed by atoms with Crippen LogP contribution in [0, 0.1) is 13.8 Å². The highest BCUT2D eigenvalue weighted by atomic mass is 32.2. The van der Waals surface area contributed by atoms with Gasteiger partial charge in [-0.05, 0) is 66.3 Å². The quantitative estimate of drug-likeness (QED) is 0.560. The molecule has 34 heavy (non-hydrogen) atoms. The fraction of sp³-hybridized carbons (Fsp3) is 0.296. The Morgan fingerprint density at radius 2 is 1.71 bits per heavy atom. The highest BCUT2D eigenvalue weighted by Crippen LogP contribution is 2.40. The summed E-state index contributed by atoms with van der Waals surface area (Å²) < 4.78 is 34.7. The van der Waals surface area contributed by atoms with Crippen LogP contribution in [0.4, 0.5) is 11.4 Å². The summed E-state index contributed by atoms with van der Waals surface area (Å²) in [7, 11) is -3.92. The summed E-state index contributed by atoms with van der Waals surface area (Å²) in [6.07, 6.45) is -1.01. The fourth-order valence-electron chi connectivity index (χ4n) is 3.90. The summed E-state index contributed by atoms with van der Waals surface area (Å²) in [5.74, 6) is -0.0348. The number of hydrogen-bond acceptors (Lipinski definition) is 4. The molecule has 178 valence electrons. The van der Waals surface area contributed by atoms with E-state index in [0.29, 0.717) is 17.1 Å². The average molecular weight is 479 g/mol. The van der Waals surface area contributed by atoms with E-state index in [1.54, 1.807) is 36.4 Å². The number of carbonyl (C=O) groups excluding carboxylic acids is 1. The van der Waals surface area contributed by atoms with E-state index in [2.05, 4.69) is 26.1 Å². The van der Waals surface area contributed by atoms with Crippen molar-refractivity contribution in [2.45, 2.75) is 51.0 Å². The molecule has 0 unspecified atom stereocenters. The molecule has 0 aromatic heterocycles. The molecule has 3 aromatic rings. The standard InChI is InChI=1S/C27H30N2O4S/c1-18-10-9-13-22(19(18)2)28-26(30)25-17-29(34(31,32)21-11-7-6-8-12-21)23-16-20(27(3,4)5)14-15-24(23)33-25/h6-16,25H,17H2,1-5H3,(H,28,30)/t25-/m0/s1. The summed E-state index contributed by atoms with van der Waals surface area (Å²) in [6.45, 7) is 9.97. The van der Waals surface area contributed by atoms with Gasteiger partial charge >= 0.3 is 0 Å². The maximum absolute atomic E-state index is 13.7. The van der Waals surface area contributed by atoms with Crippen LogP contribution in [0.25, 0.3) is 0 Å². The van der Waals surface area contributed by atoms with E-state index in [0.717, 1.165) is 16.7 Å². The van der Waals surface area contributed by atoms with E-state index in [-0.39, 0.29) is 16.9 Å². The van der Waals surface area contributed by atoms with Crippen LogP contribution in [-0.2, 0) is 20.2 Å². The number of amides is 1. The van der Waals surface area contributed by atoms with Crippen molar-refractivity contribution < 1.29 is 17.9 Å². The van der Waals surface area contributed by atoms with Crippen LogP contribution in [0.1, 0.15) is 37.5 Å². The lowest BCUT2D eigenvalue weighted by atomic mass is 9.86. The van der Waals surface area contributed by atoms with Crippen LogP contribution >= 0.6 is 0 Å². The van der Waals surface area contributed by atoms with Gasteiger partial charge in [-0.2, -0.15) is 0 Å². The molecule has 1 aliphatic rings. The summed E-state index contributed by atoms with van der Waals surface area (Å²) in [5.41, 5.74) is 3.91. The number of rotatable bonds is 4. The zero-order valence-electron chi connectivity index (χ0n) is 20.1. The molecule has 4 rings (SSSR count). The summed E-state index contributed by atoms with van der Waals surface area (Å²) in [6, 6.07) is 19.4. The molecule has 6 nitrogen and oxygen atoms in total. The van der Waals surface area contributed by atoms with Gasteiger partial charge in [0, 0.05) is 5.69 Å². The molecule has 3 aromatic carbocycles. The first-order valence-electron chi connectivity index (χ1n) is 11.2. The average Bonchev–Trinajstić information content (AvgIpc) is 2.80. The van der Waals surface area contributed by atoms with Gasteiger partial charge in [0.05, 0.1) is 17.1 Å². The van der Waals surface area contributed by atoms with Crippen molar-refractivity contribution in [1.29, 1.82) is 0 Å². The van der Waals surface area contributed by atoms with Gasteiger partial charge in [0.2, 0.25) is 0 Å². The molecule has 0 bridgehead atoms. The predicted molar refractivity (Wildman–Crippen MR) is 135 cm³/mol. The molecule has 0 saturated carbocycles. The molecule has 1 aliphatic heterocycles. The lowest BCUT2D eigenvalue weighted by Gasteiger charge is -2.36. The van der Waals surface area contributed by atoms with Crippen LogP contribution in [0.5, 0.6) is 5.75 Å². The monoisotopic (exact) mass is 478 g/mol. The van der Waals surface area contributed by atoms with E-state index in [9.17, 15) is 13.2 Å². The van der Waals surface area contributed by atoms with Gasteiger partial charge in [0.25, 0.3) is 15.9 Å². The van der Waals surface area contributed by atoms with Crippen molar-refractivity contribution in [3.05, 3.63) is 83.4 Å². The normalized spacial score (nSPS) is 15.9. The minimum Gasteiger partial charge on any atom is -0.476 e. The lowest BCUT2D eigenvalue weighted by Crippen LogP contribution is -2.49. The first kappa shape index (κ1) is 23.8. The smallest absolute Gasteiger partial charge is 0.267 e. The Bertz CT molecular complexity index is 1330. The minimum absolute atomic E-state index is 0.130. The maximum Gasteiger partial charge on any atom is 0.267 e. The third-order valence-electron chi connectivity index (χ3n) is 6.18. The van der Waals surface area contributed by atoms with Crippen LogP contribution in [0.3, 0.4) is 0 Å². The van der Waals surface area contributed by atoms with E-state index in [4.69, 9.17) is 4.74 Å². The van der Waals surface area contributed by atoms with Gasteiger partial charge in [0.1, 0.15) is 5.75 Å².